The van der Waals surface area contributed by atoms with E-state index in [9.17, 15) is 9.18 Å². The molecule has 7 heteroatoms. The number of nitrogens with zero attached hydrogens (tertiary/aromatic N) is 2. The molecular weight excluding hydrogens is 423 g/mol. The van der Waals surface area contributed by atoms with Gasteiger partial charge in [-0.25, -0.2) is 9.37 Å². The van der Waals surface area contributed by atoms with Crippen molar-refractivity contribution < 1.29 is 9.18 Å². The number of fused-ring (bicyclic) bond motifs is 1. The van der Waals surface area contributed by atoms with Gasteiger partial charge in [-0.15, -0.1) is 34.0 Å². The van der Waals surface area contributed by atoms with Crippen molar-refractivity contribution in [3.8, 4) is 10.6 Å². The van der Waals surface area contributed by atoms with E-state index in [1.54, 1.807) is 34.8 Å². The Hall–Kier alpha value is -2.35. The van der Waals surface area contributed by atoms with Gasteiger partial charge >= 0.3 is 0 Å². The van der Waals surface area contributed by atoms with E-state index in [4.69, 9.17) is 0 Å². The zero-order valence-electron chi connectivity index (χ0n) is 15.6. The van der Waals surface area contributed by atoms with Gasteiger partial charge in [-0.1, -0.05) is 6.07 Å². The number of halogens is 1. The maximum absolute atomic E-state index is 13.6. The molecule has 0 aliphatic carbocycles. The number of benzene rings is 1. The summed E-state index contributed by atoms with van der Waals surface area (Å²) in [6.07, 6.45) is 0.878. The average Bonchev–Trinajstić information content (AvgIpc) is 3.48. The van der Waals surface area contributed by atoms with Crippen LogP contribution in [0.1, 0.15) is 36.7 Å². The molecule has 3 aromatic heterocycles. The minimum Gasteiger partial charge on any atom is -0.326 e. The summed E-state index contributed by atoms with van der Waals surface area (Å²) in [7, 11) is 0. The van der Waals surface area contributed by atoms with Crippen LogP contribution in [0.25, 0.3) is 10.6 Å². The summed E-state index contributed by atoms with van der Waals surface area (Å²) in [6, 6.07) is 12.5. The maximum atomic E-state index is 13.6. The molecule has 0 N–H and O–H groups in total. The molecule has 0 spiro atoms. The molecule has 4 aromatic rings. The quantitative estimate of drug-likeness (QED) is 0.382. The molecule has 0 bridgehead atoms. The molecule has 4 heterocycles. The third-order valence-corrected chi connectivity index (χ3v) is 8.24. The number of aryl methyl sites for hydroxylation is 1. The third-order valence-electron chi connectivity index (χ3n) is 5.12. The van der Waals surface area contributed by atoms with Crippen molar-refractivity contribution in [2.75, 3.05) is 6.54 Å². The molecule has 1 amide bonds. The standard InChI is InChI=1S/C22H17FN2OS3/c1-13-20(29-21(24-13)14-4-6-15(23)7-5-14)22(26)25-10-8-17-16(9-12-28-17)19(25)18-3-2-11-27-18/h2-7,9,11-12,19H,8,10H2,1H3. The van der Waals surface area contributed by atoms with E-state index in [1.807, 2.05) is 17.9 Å². The van der Waals surface area contributed by atoms with E-state index in [0.29, 0.717) is 11.4 Å². The topological polar surface area (TPSA) is 33.2 Å². The molecule has 5 rings (SSSR count). The monoisotopic (exact) mass is 440 g/mol. The summed E-state index contributed by atoms with van der Waals surface area (Å²) < 4.78 is 13.3. The predicted octanol–water partition coefficient (Wildman–Crippen LogP) is 6.17. The molecule has 1 aliphatic heterocycles. The lowest BCUT2D eigenvalue weighted by Gasteiger charge is -2.35. The Labute approximate surface area is 180 Å². The van der Waals surface area contributed by atoms with Crippen molar-refractivity contribution >= 4 is 39.9 Å². The molecular formula is C22H17FN2OS3. The van der Waals surface area contributed by atoms with Crippen LogP contribution in [-0.2, 0) is 6.42 Å². The second-order valence-electron chi connectivity index (χ2n) is 6.91. The minimum atomic E-state index is -0.281. The number of thiazole rings is 1. The highest BCUT2D eigenvalue weighted by molar-refractivity contribution is 7.17. The van der Waals surface area contributed by atoms with E-state index in [2.05, 4.69) is 27.9 Å². The van der Waals surface area contributed by atoms with E-state index in [-0.39, 0.29) is 17.8 Å². The smallest absolute Gasteiger partial charge is 0.266 e. The Morgan fingerprint density at radius 2 is 1.97 bits per heavy atom. The number of carbonyl (C=O) groups is 1. The summed E-state index contributed by atoms with van der Waals surface area (Å²) in [4.78, 5) is 23.4. The first-order valence-corrected chi connectivity index (χ1v) is 11.8. The van der Waals surface area contributed by atoms with Crippen LogP contribution in [0.2, 0.25) is 0 Å². The second-order valence-corrected chi connectivity index (χ2v) is 9.89. The number of carbonyl (C=O) groups excluding carboxylic acids is 1. The van der Waals surface area contributed by atoms with E-state index in [1.165, 1.54) is 38.8 Å². The summed E-state index contributed by atoms with van der Waals surface area (Å²) in [5, 5.41) is 4.92. The van der Waals surface area contributed by atoms with Crippen molar-refractivity contribution in [3.63, 3.8) is 0 Å². The molecule has 0 radical (unpaired) electrons. The molecule has 0 saturated heterocycles. The molecule has 0 fully saturated rings. The maximum Gasteiger partial charge on any atom is 0.266 e. The van der Waals surface area contributed by atoms with E-state index >= 15 is 0 Å². The number of hydrogen-bond donors (Lipinski definition) is 0. The number of rotatable bonds is 3. The number of aromatic nitrogens is 1. The van der Waals surface area contributed by atoms with Gasteiger partial charge in [0.05, 0.1) is 11.7 Å². The van der Waals surface area contributed by atoms with Crippen LogP contribution in [0.3, 0.4) is 0 Å². The predicted molar refractivity (Wildman–Crippen MR) is 117 cm³/mol. The van der Waals surface area contributed by atoms with Crippen LogP contribution in [0.5, 0.6) is 0 Å². The summed E-state index contributed by atoms with van der Waals surface area (Å²) in [5.74, 6) is -0.263. The van der Waals surface area contributed by atoms with Crippen molar-refractivity contribution in [3.05, 3.63) is 84.9 Å². The minimum absolute atomic E-state index is 0.0172. The summed E-state index contributed by atoms with van der Waals surface area (Å²) in [6.45, 7) is 2.56. The fraction of sp³-hybridized carbons (Fsp3) is 0.182. The van der Waals surface area contributed by atoms with E-state index in [0.717, 1.165) is 22.7 Å². The Bertz CT molecular complexity index is 1160. The number of amides is 1. The van der Waals surface area contributed by atoms with Gasteiger partial charge in [-0.05, 0) is 66.1 Å². The summed E-state index contributed by atoms with van der Waals surface area (Å²) in [5.41, 5.74) is 2.78. The van der Waals surface area contributed by atoms with Crippen LogP contribution < -0.4 is 0 Å². The fourth-order valence-corrected chi connectivity index (χ4v) is 6.52. The van der Waals surface area contributed by atoms with Gasteiger partial charge in [0.25, 0.3) is 5.91 Å². The first-order valence-electron chi connectivity index (χ1n) is 9.26. The van der Waals surface area contributed by atoms with Gasteiger partial charge in [0, 0.05) is 21.9 Å². The molecule has 1 aromatic carbocycles. The molecule has 1 unspecified atom stereocenters. The molecule has 1 aliphatic rings. The molecule has 0 saturated carbocycles. The van der Waals surface area contributed by atoms with Gasteiger partial charge in [-0.3, -0.25) is 4.79 Å². The zero-order valence-corrected chi connectivity index (χ0v) is 18.0. The van der Waals surface area contributed by atoms with Crippen LogP contribution in [0, 0.1) is 12.7 Å². The summed E-state index contributed by atoms with van der Waals surface area (Å²) >= 11 is 4.84. The Balaban J connectivity index is 1.52. The highest BCUT2D eigenvalue weighted by Crippen LogP contribution is 2.41. The first kappa shape index (κ1) is 18.7. The van der Waals surface area contributed by atoms with Gasteiger partial charge in [-0.2, -0.15) is 0 Å². The van der Waals surface area contributed by atoms with Crippen LogP contribution in [0.15, 0.2) is 53.2 Å². The zero-order chi connectivity index (χ0) is 20.0. The SMILES string of the molecule is Cc1nc(-c2ccc(F)cc2)sc1C(=O)N1CCc2sccc2C1c1cccs1. The third kappa shape index (κ3) is 3.33. The first-order chi connectivity index (χ1) is 14.1. The Morgan fingerprint density at radius 1 is 1.14 bits per heavy atom. The van der Waals surface area contributed by atoms with Crippen molar-refractivity contribution in [1.82, 2.24) is 9.88 Å². The Kier molecular flexibility index (Phi) is 4.81. The van der Waals surface area contributed by atoms with Crippen molar-refractivity contribution in [2.24, 2.45) is 0 Å². The van der Waals surface area contributed by atoms with Crippen LogP contribution in [-0.4, -0.2) is 22.3 Å². The van der Waals surface area contributed by atoms with Crippen LogP contribution >= 0.6 is 34.0 Å². The van der Waals surface area contributed by atoms with Gasteiger partial charge < -0.3 is 4.90 Å². The normalized spacial score (nSPS) is 16.1. The lowest BCUT2D eigenvalue weighted by Crippen LogP contribution is -2.39. The highest BCUT2D eigenvalue weighted by Gasteiger charge is 2.35. The Morgan fingerprint density at radius 3 is 2.72 bits per heavy atom. The van der Waals surface area contributed by atoms with Crippen molar-refractivity contribution in [1.29, 1.82) is 0 Å². The van der Waals surface area contributed by atoms with Crippen molar-refractivity contribution in [2.45, 2.75) is 19.4 Å². The highest BCUT2D eigenvalue weighted by atomic mass is 32.1. The largest absolute Gasteiger partial charge is 0.326 e. The fourth-order valence-electron chi connectivity index (χ4n) is 3.73. The van der Waals surface area contributed by atoms with Gasteiger partial charge in [0.1, 0.15) is 15.7 Å². The second kappa shape index (κ2) is 7.48. The average molecular weight is 441 g/mol. The lowest BCUT2D eigenvalue weighted by molar-refractivity contribution is 0.0703. The number of thiophene rings is 2. The molecule has 146 valence electrons. The van der Waals surface area contributed by atoms with E-state index < -0.39 is 0 Å². The number of hydrogen-bond acceptors (Lipinski definition) is 5. The molecule has 3 nitrogen and oxygen atoms in total. The molecule has 1 atom stereocenters. The van der Waals surface area contributed by atoms with Gasteiger partial charge in [0.15, 0.2) is 0 Å². The lowest BCUT2D eigenvalue weighted by atomic mass is 9.98. The van der Waals surface area contributed by atoms with Gasteiger partial charge in [0.2, 0.25) is 0 Å². The van der Waals surface area contributed by atoms with Crippen LogP contribution in [0.4, 0.5) is 4.39 Å². The molecule has 29 heavy (non-hydrogen) atoms.